The van der Waals surface area contributed by atoms with Crippen molar-refractivity contribution in [3.05, 3.63) is 69.8 Å². The van der Waals surface area contributed by atoms with Crippen LogP contribution in [0.2, 0.25) is 0 Å². The van der Waals surface area contributed by atoms with Crippen LogP contribution in [0.5, 0.6) is 11.5 Å². The molecule has 10 nitrogen and oxygen atoms in total. The number of methoxy groups -OCH3 is 2. The van der Waals surface area contributed by atoms with Crippen molar-refractivity contribution in [1.29, 1.82) is 0 Å². The number of aryl methyl sites for hydroxylation is 2. The first-order valence-electron chi connectivity index (χ1n) is 10.7. The zero-order chi connectivity index (χ0) is 24.5. The SMILES string of the molecule is COc1ccc(-c2cc3c(=O)[nH]nc(SCc4nc(-c5ccc(C)c(C)c5)no4)n3n2)cc1OC. The Hall–Kier alpha value is -4.12. The van der Waals surface area contributed by atoms with Crippen LogP contribution in [0.3, 0.4) is 0 Å². The molecule has 2 aromatic carbocycles. The molecule has 3 heterocycles. The number of rotatable bonds is 7. The number of hydrogen-bond donors (Lipinski definition) is 1. The molecule has 3 aromatic heterocycles. The molecule has 1 N–H and O–H groups in total. The second kappa shape index (κ2) is 9.26. The van der Waals surface area contributed by atoms with Gasteiger partial charge in [-0.3, -0.25) is 4.79 Å². The van der Waals surface area contributed by atoms with Crippen LogP contribution >= 0.6 is 11.8 Å². The van der Waals surface area contributed by atoms with Crippen LogP contribution in [0, 0.1) is 13.8 Å². The van der Waals surface area contributed by atoms with Gasteiger partial charge in [0.1, 0.15) is 5.52 Å². The van der Waals surface area contributed by atoms with Gasteiger partial charge >= 0.3 is 0 Å². The van der Waals surface area contributed by atoms with E-state index in [9.17, 15) is 4.79 Å². The summed E-state index contributed by atoms with van der Waals surface area (Å²) in [5.41, 5.74) is 4.65. The van der Waals surface area contributed by atoms with E-state index >= 15 is 0 Å². The van der Waals surface area contributed by atoms with E-state index in [2.05, 4.69) is 32.4 Å². The maximum absolute atomic E-state index is 12.4. The summed E-state index contributed by atoms with van der Waals surface area (Å²) in [5, 5.41) is 15.9. The zero-order valence-electron chi connectivity index (χ0n) is 19.5. The van der Waals surface area contributed by atoms with E-state index < -0.39 is 0 Å². The summed E-state index contributed by atoms with van der Waals surface area (Å²) in [5.74, 6) is 2.50. The smallest absolute Gasteiger partial charge is 0.290 e. The molecule has 0 radical (unpaired) electrons. The quantitative estimate of drug-likeness (QED) is 0.337. The number of hydrogen-bond acceptors (Lipinski definition) is 9. The van der Waals surface area contributed by atoms with Crippen molar-refractivity contribution in [2.75, 3.05) is 14.2 Å². The monoisotopic (exact) mass is 490 g/mol. The normalized spacial score (nSPS) is 11.2. The maximum Gasteiger partial charge on any atom is 0.290 e. The lowest BCUT2D eigenvalue weighted by molar-refractivity contribution is 0.355. The molecule has 0 aliphatic heterocycles. The average molecular weight is 491 g/mol. The second-order valence-electron chi connectivity index (χ2n) is 7.83. The van der Waals surface area contributed by atoms with Crippen molar-refractivity contribution >= 4 is 17.3 Å². The standard InChI is InChI=1S/C24H22N6O4S/c1-13-5-6-16(9-14(13)2)22-25-21(34-29-22)12-35-24-27-26-23(31)18-11-17(28-30(18)24)15-7-8-19(32-3)20(10-15)33-4/h5-11H,12H2,1-4H3,(H,26,31). The highest BCUT2D eigenvalue weighted by molar-refractivity contribution is 7.98. The van der Waals surface area contributed by atoms with Crippen molar-refractivity contribution in [2.24, 2.45) is 0 Å². The van der Waals surface area contributed by atoms with Gasteiger partial charge in [0.25, 0.3) is 5.56 Å². The molecular formula is C24H22N6O4S. The van der Waals surface area contributed by atoms with Gasteiger partial charge in [-0.1, -0.05) is 29.1 Å². The van der Waals surface area contributed by atoms with E-state index in [0.717, 1.165) is 16.7 Å². The molecule has 0 saturated heterocycles. The van der Waals surface area contributed by atoms with E-state index in [4.69, 9.17) is 14.0 Å². The Kier molecular flexibility index (Phi) is 6.00. The van der Waals surface area contributed by atoms with Crippen LogP contribution in [0.25, 0.3) is 28.2 Å². The Morgan fingerprint density at radius 1 is 1.00 bits per heavy atom. The largest absolute Gasteiger partial charge is 0.493 e. The number of ether oxygens (including phenoxy) is 2. The lowest BCUT2D eigenvalue weighted by Gasteiger charge is -2.08. The maximum atomic E-state index is 12.4. The van der Waals surface area contributed by atoms with Crippen molar-refractivity contribution < 1.29 is 14.0 Å². The summed E-state index contributed by atoms with van der Waals surface area (Å²) >= 11 is 1.33. The molecule has 0 amide bonds. The molecule has 5 rings (SSSR count). The summed E-state index contributed by atoms with van der Waals surface area (Å²) in [6, 6.07) is 13.2. The van der Waals surface area contributed by atoms with Crippen LogP contribution in [-0.4, -0.2) is 44.2 Å². The summed E-state index contributed by atoms with van der Waals surface area (Å²) in [4.78, 5) is 16.9. The minimum Gasteiger partial charge on any atom is -0.493 e. The summed E-state index contributed by atoms with van der Waals surface area (Å²) in [6.07, 6.45) is 0. The van der Waals surface area contributed by atoms with E-state index in [1.54, 1.807) is 26.4 Å². The highest BCUT2D eigenvalue weighted by Crippen LogP contribution is 2.32. The van der Waals surface area contributed by atoms with Gasteiger partial charge in [-0.2, -0.15) is 10.1 Å². The lowest BCUT2D eigenvalue weighted by atomic mass is 10.1. The van der Waals surface area contributed by atoms with E-state index in [-0.39, 0.29) is 5.56 Å². The number of nitrogens with one attached hydrogen (secondary N) is 1. The molecule has 0 fully saturated rings. The van der Waals surface area contributed by atoms with Crippen LogP contribution in [-0.2, 0) is 5.75 Å². The van der Waals surface area contributed by atoms with Crippen LogP contribution in [0.15, 0.2) is 56.9 Å². The first-order valence-corrected chi connectivity index (χ1v) is 11.7. The van der Waals surface area contributed by atoms with Gasteiger partial charge in [-0.25, -0.2) is 9.61 Å². The van der Waals surface area contributed by atoms with E-state index in [0.29, 0.717) is 45.3 Å². The molecule has 5 aromatic rings. The number of aromatic amines is 1. The summed E-state index contributed by atoms with van der Waals surface area (Å²) in [6.45, 7) is 4.10. The fourth-order valence-electron chi connectivity index (χ4n) is 3.56. The van der Waals surface area contributed by atoms with Crippen molar-refractivity contribution in [3.63, 3.8) is 0 Å². The van der Waals surface area contributed by atoms with Crippen molar-refractivity contribution in [1.82, 2.24) is 30.0 Å². The molecule has 0 aliphatic carbocycles. The van der Waals surface area contributed by atoms with Crippen LogP contribution in [0.1, 0.15) is 17.0 Å². The predicted octanol–water partition coefficient (Wildman–Crippen LogP) is 4.06. The third kappa shape index (κ3) is 4.37. The van der Waals surface area contributed by atoms with E-state index in [1.165, 1.54) is 21.8 Å². The lowest BCUT2D eigenvalue weighted by Crippen LogP contribution is -2.13. The molecule has 0 bridgehead atoms. The van der Waals surface area contributed by atoms with Gasteiger partial charge in [-0.15, -0.1) is 5.10 Å². The Balaban J connectivity index is 1.41. The van der Waals surface area contributed by atoms with Gasteiger partial charge < -0.3 is 14.0 Å². The first-order chi connectivity index (χ1) is 17.0. The van der Waals surface area contributed by atoms with Gasteiger partial charge in [0.2, 0.25) is 16.9 Å². The fourth-order valence-corrected chi connectivity index (χ4v) is 4.30. The Bertz CT molecular complexity index is 1590. The minimum absolute atomic E-state index is 0.344. The summed E-state index contributed by atoms with van der Waals surface area (Å²) in [7, 11) is 3.14. The number of fused-ring (bicyclic) bond motifs is 1. The Morgan fingerprint density at radius 3 is 2.57 bits per heavy atom. The van der Waals surface area contributed by atoms with Gasteiger partial charge in [0.15, 0.2) is 11.5 Å². The third-order valence-corrected chi connectivity index (χ3v) is 6.53. The number of H-pyrrole nitrogens is 1. The number of nitrogens with zero attached hydrogens (tertiary/aromatic N) is 5. The predicted molar refractivity (Wildman–Crippen MR) is 131 cm³/mol. The number of benzene rings is 2. The molecular weight excluding hydrogens is 468 g/mol. The molecule has 178 valence electrons. The van der Waals surface area contributed by atoms with Crippen molar-refractivity contribution in [2.45, 2.75) is 24.8 Å². The topological polar surface area (TPSA) is 120 Å². The molecule has 0 atom stereocenters. The minimum atomic E-state index is -0.344. The Morgan fingerprint density at radius 2 is 1.80 bits per heavy atom. The molecule has 0 unspecified atom stereocenters. The highest BCUT2D eigenvalue weighted by Gasteiger charge is 2.16. The van der Waals surface area contributed by atoms with E-state index in [1.807, 2.05) is 37.3 Å². The van der Waals surface area contributed by atoms with Crippen LogP contribution < -0.4 is 15.0 Å². The Labute approximate surface area is 204 Å². The number of aromatic nitrogens is 6. The van der Waals surface area contributed by atoms with Gasteiger partial charge in [0, 0.05) is 11.1 Å². The zero-order valence-corrected chi connectivity index (χ0v) is 20.3. The third-order valence-electron chi connectivity index (χ3n) is 5.61. The fraction of sp³-hybridized carbons (Fsp3) is 0.208. The van der Waals surface area contributed by atoms with Gasteiger partial charge in [0.05, 0.1) is 25.7 Å². The molecule has 11 heteroatoms. The first kappa shape index (κ1) is 22.7. The van der Waals surface area contributed by atoms with Crippen LogP contribution in [0.4, 0.5) is 0 Å². The molecule has 0 saturated carbocycles. The molecule has 0 aliphatic rings. The van der Waals surface area contributed by atoms with Gasteiger partial charge in [-0.05, 0) is 55.3 Å². The highest BCUT2D eigenvalue weighted by atomic mass is 32.2. The molecule has 35 heavy (non-hydrogen) atoms. The summed E-state index contributed by atoms with van der Waals surface area (Å²) < 4.78 is 17.6. The second-order valence-corrected chi connectivity index (χ2v) is 8.77. The number of thioether (sulfide) groups is 1. The van der Waals surface area contributed by atoms with Crippen molar-refractivity contribution in [3.8, 4) is 34.1 Å². The average Bonchev–Trinajstić information content (AvgIpc) is 3.53. The molecule has 0 spiro atoms.